The minimum Gasteiger partial charge on any atom is -0.449 e. The molecule has 4 nitrogen and oxygen atoms in total. The molecule has 0 aliphatic rings. The smallest absolute Gasteiger partial charge is 0.411 e. The van der Waals surface area contributed by atoms with E-state index in [4.69, 9.17) is 4.74 Å². The van der Waals surface area contributed by atoms with Gasteiger partial charge >= 0.3 is 6.09 Å². The van der Waals surface area contributed by atoms with Crippen LogP contribution in [-0.2, 0) is 11.3 Å². The van der Waals surface area contributed by atoms with E-state index < -0.39 is 6.09 Å². The molecule has 0 aromatic heterocycles. The fraction of sp³-hybridized carbons (Fsp3) is 0.278. The molecule has 0 atom stereocenters. The predicted molar refractivity (Wildman–Crippen MR) is 110 cm³/mol. The van der Waals surface area contributed by atoms with Crippen molar-refractivity contribution in [2.24, 2.45) is 0 Å². The Morgan fingerprint density at radius 3 is 2.58 bits per heavy atom. The summed E-state index contributed by atoms with van der Waals surface area (Å²) in [5, 5.41) is 6.16. The molecule has 2 N–H and O–H groups in total. The van der Waals surface area contributed by atoms with E-state index >= 15 is 0 Å². The molecule has 0 aliphatic carbocycles. The van der Waals surface area contributed by atoms with Gasteiger partial charge in [-0.1, -0.05) is 19.1 Å². The first-order valence-corrected chi connectivity index (χ1v) is 10.0. The Bertz CT molecular complexity index is 677. The lowest BCUT2D eigenvalue weighted by atomic mass is 10.2. The van der Waals surface area contributed by atoms with Crippen molar-refractivity contribution in [3.05, 3.63) is 51.6 Å². The number of ether oxygens (including phenoxy) is 1. The van der Waals surface area contributed by atoms with Gasteiger partial charge in [-0.25, -0.2) is 4.79 Å². The van der Waals surface area contributed by atoms with Crippen molar-refractivity contribution in [2.75, 3.05) is 23.5 Å². The number of benzene rings is 2. The van der Waals surface area contributed by atoms with E-state index in [0.29, 0.717) is 6.61 Å². The van der Waals surface area contributed by atoms with Crippen molar-refractivity contribution in [1.82, 2.24) is 0 Å². The predicted octanol–water partition coefficient (Wildman–Crippen LogP) is 5.58. The van der Waals surface area contributed by atoms with Crippen LogP contribution < -0.4 is 10.6 Å². The summed E-state index contributed by atoms with van der Waals surface area (Å²) in [6.07, 6.45) is 2.47. The summed E-state index contributed by atoms with van der Waals surface area (Å²) < 4.78 is 6.00. The Morgan fingerprint density at radius 1 is 1.21 bits per heavy atom. The zero-order valence-corrected chi connectivity index (χ0v) is 16.7. The van der Waals surface area contributed by atoms with E-state index in [0.717, 1.165) is 27.9 Å². The second-order valence-electron chi connectivity index (χ2n) is 5.16. The first-order valence-electron chi connectivity index (χ1n) is 7.72. The highest BCUT2D eigenvalue weighted by Crippen LogP contribution is 2.23. The Hall–Kier alpha value is -1.41. The molecule has 128 valence electrons. The second-order valence-corrected chi connectivity index (χ2v) is 7.20. The molecule has 0 saturated carbocycles. The number of carbonyl (C=O) groups is 1. The van der Waals surface area contributed by atoms with Gasteiger partial charge in [0.05, 0.1) is 12.3 Å². The van der Waals surface area contributed by atoms with Crippen molar-refractivity contribution in [2.45, 2.75) is 24.8 Å². The van der Waals surface area contributed by atoms with Gasteiger partial charge in [0.25, 0.3) is 0 Å². The zero-order chi connectivity index (χ0) is 17.4. The largest absolute Gasteiger partial charge is 0.449 e. The normalized spacial score (nSPS) is 10.3. The molecule has 0 unspecified atom stereocenters. The van der Waals surface area contributed by atoms with Gasteiger partial charge in [0.2, 0.25) is 0 Å². The van der Waals surface area contributed by atoms with Crippen LogP contribution in [0.3, 0.4) is 0 Å². The molecular formula is C18H21IN2O2S. The minimum absolute atomic E-state index is 0.413. The lowest BCUT2D eigenvalue weighted by Gasteiger charge is -2.11. The van der Waals surface area contributed by atoms with Gasteiger partial charge < -0.3 is 10.1 Å². The highest BCUT2D eigenvalue weighted by Gasteiger charge is 2.07. The molecule has 0 bridgehead atoms. The van der Waals surface area contributed by atoms with E-state index in [-0.39, 0.29) is 0 Å². The van der Waals surface area contributed by atoms with Crippen LogP contribution in [0.25, 0.3) is 0 Å². The number of carbonyl (C=O) groups excluding carboxylic acids is 1. The SMILES string of the molecule is CCCOC(=O)Nc1ccc(NCc2ccc(SC)cc2)cc1I. The van der Waals surface area contributed by atoms with Gasteiger partial charge in [-0.15, -0.1) is 11.8 Å². The summed E-state index contributed by atoms with van der Waals surface area (Å²) in [5.41, 5.74) is 3.00. The molecular weight excluding hydrogens is 435 g/mol. The van der Waals surface area contributed by atoms with Gasteiger partial charge in [0.15, 0.2) is 0 Å². The maximum absolute atomic E-state index is 11.6. The lowest BCUT2D eigenvalue weighted by molar-refractivity contribution is 0.161. The maximum atomic E-state index is 11.6. The molecule has 0 aliphatic heterocycles. The standard InChI is InChI=1S/C18H21IN2O2S/c1-3-10-23-18(22)21-17-9-6-14(11-16(17)19)20-12-13-4-7-15(24-2)8-5-13/h4-9,11,20H,3,10,12H2,1-2H3,(H,21,22). The maximum Gasteiger partial charge on any atom is 0.411 e. The van der Waals surface area contributed by atoms with Crippen molar-refractivity contribution < 1.29 is 9.53 Å². The van der Waals surface area contributed by atoms with Crippen molar-refractivity contribution >= 4 is 51.8 Å². The number of anilines is 2. The van der Waals surface area contributed by atoms with E-state index in [1.165, 1.54) is 10.5 Å². The summed E-state index contributed by atoms with van der Waals surface area (Å²) in [7, 11) is 0. The Morgan fingerprint density at radius 2 is 1.96 bits per heavy atom. The summed E-state index contributed by atoms with van der Waals surface area (Å²) in [6.45, 7) is 3.15. The molecule has 24 heavy (non-hydrogen) atoms. The van der Waals surface area contributed by atoms with Crippen molar-refractivity contribution in [1.29, 1.82) is 0 Å². The lowest BCUT2D eigenvalue weighted by Crippen LogP contribution is -2.15. The van der Waals surface area contributed by atoms with Gasteiger partial charge in [-0.05, 0) is 71.2 Å². The molecule has 6 heteroatoms. The Kier molecular flexibility index (Phi) is 7.71. The van der Waals surface area contributed by atoms with Gasteiger partial charge in [0.1, 0.15) is 0 Å². The fourth-order valence-corrected chi connectivity index (χ4v) is 3.07. The topological polar surface area (TPSA) is 50.4 Å². The van der Waals surface area contributed by atoms with Crippen molar-refractivity contribution in [3.63, 3.8) is 0 Å². The quantitative estimate of drug-likeness (QED) is 0.422. The molecule has 0 fully saturated rings. The average molecular weight is 456 g/mol. The molecule has 2 aromatic rings. The van der Waals surface area contributed by atoms with Crippen LogP contribution in [0.5, 0.6) is 0 Å². The Labute approximate surface area is 160 Å². The third-order valence-electron chi connectivity index (χ3n) is 3.30. The summed E-state index contributed by atoms with van der Waals surface area (Å²) in [6, 6.07) is 14.3. The third-order valence-corrected chi connectivity index (χ3v) is 4.93. The Balaban J connectivity index is 1.92. The van der Waals surface area contributed by atoms with Gasteiger partial charge in [-0.2, -0.15) is 0 Å². The van der Waals surface area contributed by atoms with Crippen LogP contribution in [0.2, 0.25) is 0 Å². The van der Waals surface area contributed by atoms with Crippen LogP contribution in [0.15, 0.2) is 47.4 Å². The molecule has 1 amide bonds. The number of nitrogens with one attached hydrogen (secondary N) is 2. The summed E-state index contributed by atoms with van der Waals surface area (Å²) in [5.74, 6) is 0. The molecule has 0 saturated heterocycles. The number of hydrogen-bond donors (Lipinski definition) is 2. The molecule has 2 rings (SSSR count). The van der Waals surface area contributed by atoms with Crippen LogP contribution in [0.1, 0.15) is 18.9 Å². The summed E-state index contributed by atoms with van der Waals surface area (Å²) in [4.78, 5) is 12.9. The first kappa shape index (κ1) is 18.9. The van der Waals surface area contributed by atoms with Crippen LogP contribution in [0, 0.1) is 3.57 Å². The molecule has 0 spiro atoms. The number of halogens is 1. The third kappa shape index (κ3) is 5.90. The zero-order valence-electron chi connectivity index (χ0n) is 13.8. The highest BCUT2D eigenvalue weighted by atomic mass is 127. The number of hydrogen-bond acceptors (Lipinski definition) is 4. The van der Waals surface area contributed by atoms with Gasteiger partial charge in [-0.3, -0.25) is 5.32 Å². The van der Waals surface area contributed by atoms with Crippen LogP contribution in [0.4, 0.5) is 16.2 Å². The first-order chi connectivity index (χ1) is 11.6. The van der Waals surface area contributed by atoms with Gasteiger partial charge in [0, 0.05) is 20.7 Å². The number of rotatable bonds is 7. The van der Waals surface area contributed by atoms with E-state index in [9.17, 15) is 4.79 Å². The van der Waals surface area contributed by atoms with E-state index in [2.05, 4.69) is 63.7 Å². The minimum atomic E-state index is -0.413. The molecule has 0 radical (unpaired) electrons. The van der Waals surface area contributed by atoms with Crippen molar-refractivity contribution in [3.8, 4) is 0 Å². The monoisotopic (exact) mass is 456 g/mol. The van der Waals surface area contributed by atoms with E-state index in [1.807, 2.05) is 25.1 Å². The van der Waals surface area contributed by atoms with Crippen LogP contribution in [-0.4, -0.2) is 19.0 Å². The number of thioether (sulfide) groups is 1. The molecule has 0 heterocycles. The average Bonchev–Trinajstić information content (AvgIpc) is 2.60. The van der Waals surface area contributed by atoms with Crippen LogP contribution >= 0.6 is 34.4 Å². The summed E-state index contributed by atoms with van der Waals surface area (Å²) >= 11 is 3.95. The number of amides is 1. The highest BCUT2D eigenvalue weighted by molar-refractivity contribution is 14.1. The second kappa shape index (κ2) is 9.78. The fourth-order valence-electron chi connectivity index (χ4n) is 2.01. The van der Waals surface area contributed by atoms with E-state index in [1.54, 1.807) is 11.8 Å². The molecule has 2 aromatic carbocycles.